The fourth-order valence-corrected chi connectivity index (χ4v) is 11.5. The summed E-state index contributed by atoms with van der Waals surface area (Å²) in [6.07, 6.45) is 8.63. The number of benzene rings is 1. The molecule has 6 rings (SSSR count). The van der Waals surface area contributed by atoms with Crippen molar-refractivity contribution in [2.45, 2.75) is 174 Å². The average molecular weight is 976 g/mol. The van der Waals surface area contributed by atoms with E-state index in [0.717, 1.165) is 40.6 Å². The fourth-order valence-electron chi connectivity index (χ4n) is 11.5. The number of piperidine rings is 1. The molecule has 2 saturated heterocycles. The van der Waals surface area contributed by atoms with Gasteiger partial charge in [0.25, 0.3) is 17.6 Å². The molecule has 1 aromatic heterocycles. The number of fused-ring (bicyclic) bond motifs is 4. The third kappa shape index (κ3) is 12.9. The van der Waals surface area contributed by atoms with Gasteiger partial charge in [-0.15, -0.1) is 0 Å². The number of rotatable bonds is 11. The summed E-state index contributed by atoms with van der Waals surface area (Å²) in [5.74, 6) is -6.22. The van der Waals surface area contributed by atoms with Gasteiger partial charge in [-0.25, -0.2) is 4.79 Å². The molecule has 70 heavy (non-hydrogen) atoms. The van der Waals surface area contributed by atoms with Gasteiger partial charge >= 0.3 is 5.97 Å². The predicted octanol–water partition coefficient (Wildman–Crippen LogP) is 8.06. The predicted molar refractivity (Wildman–Crippen MR) is 267 cm³/mol. The van der Waals surface area contributed by atoms with Crippen LogP contribution in [0, 0.1) is 29.6 Å². The molecule has 2 N–H and O–H groups in total. The lowest BCUT2D eigenvalue weighted by molar-refractivity contribution is -0.302. The number of aromatic nitrogens is 1. The van der Waals surface area contributed by atoms with Crippen molar-refractivity contribution in [3.8, 4) is 0 Å². The van der Waals surface area contributed by atoms with Gasteiger partial charge in [-0.2, -0.15) is 0 Å². The zero-order chi connectivity index (χ0) is 50.9. The molecule has 13 unspecified atom stereocenters. The van der Waals surface area contributed by atoms with Gasteiger partial charge in [0.1, 0.15) is 30.6 Å². The first-order valence-electron chi connectivity index (χ1n) is 25.8. The Morgan fingerprint density at radius 1 is 0.929 bits per heavy atom. The van der Waals surface area contributed by atoms with Gasteiger partial charge in [0, 0.05) is 70.3 Å². The number of amides is 2. The maximum Gasteiger partial charge on any atom is 0.329 e. The highest BCUT2D eigenvalue weighted by atomic mass is 16.7. The average Bonchev–Trinajstić information content (AvgIpc) is 3.78. The number of ether oxygens (including phenoxy) is 6. The number of hydrogen-bond donors (Lipinski definition) is 2. The Bertz CT molecular complexity index is 2190. The quantitative estimate of drug-likeness (QED) is 0.126. The molecule has 388 valence electrons. The zero-order valence-corrected chi connectivity index (χ0v) is 43.4. The second-order valence-electron chi connectivity index (χ2n) is 20.8. The number of esters is 1. The highest BCUT2D eigenvalue weighted by Crippen LogP contribution is 2.40. The molecule has 2 bridgehead atoms. The van der Waals surface area contributed by atoms with Crippen LogP contribution in [0.5, 0.6) is 0 Å². The third-order valence-corrected chi connectivity index (χ3v) is 15.8. The topological polar surface area (TPSA) is 183 Å². The first-order chi connectivity index (χ1) is 33.5. The van der Waals surface area contributed by atoms with Gasteiger partial charge in [0.15, 0.2) is 0 Å². The molecule has 0 spiro atoms. The molecule has 13 atom stereocenters. The number of carbonyl (C=O) groups is 5. The number of allylic oxidation sites excluding steroid dienone is 3. The lowest BCUT2D eigenvalue weighted by Gasteiger charge is -2.47. The van der Waals surface area contributed by atoms with Gasteiger partial charge in [0.05, 0.1) is 30.1 Å². The molecular weight excluding hydrogens is 895 g/mol. The minimum Gasteiger partial charge on any atom is -0.456 e. The zero-order valence-electron chi connectivity index (χ0n) is 43.4. The van der Waals surface area contributed by atoms with E-state index < -0.39 is 59.8 Å². The SMILES string of the molecule is CCC1CCN2C(=O)C(=O)C3(O)OC(C(OC)CC(C)CC(C)=CCC(=O)CCC(C)C(C(C)=CC4CCC(OCC(=O)N(CC)c5c[nH]c6ccccc56)C(OC)C4)OC(=O)C2C1)C(OC)CC3C. The molecule has 3 fully saturated rings. The van der Waals surface area contributed by atoms with E-state index >= 15 is 0 Å². The van der Waals surface area contributed by atoms with Crippen molar-refractivity contribution < 1.29 is 57.5 Å². The van der Waals surface area contributed by atoms with Crippen LogP contribution in [-0.2, 0) is 52.4 Å². The first-order valence-corrected chi connectivity index (χ1v) is 25.8. The summed E-state index contributed by atoms with van der Waals surface area (Å²) in [6, 6.07) is 6.78. The summed E-state index contributed by atoms with van der Waals surface area (Å²) in [5, 5.41) is 13.2. The van der Waals surface area contributed by atoms with Gasteiger partial charge in [-0.05, 0) is 114 Å². The molecule has 1 saturated carbocycles. The van der Waals surface area contributed by atoms with Crippen LogP contribution in [0.1, 0.15) is 126 Å². The summed E-state index contributed by atoms with van der Waals surface area (Å²) in [5.41, 5.74) is 3.62. The van der Waals surface area contributed by atoms with Gasteiger partial charge in [0.2, 0.25) is 5.79 Å². The van der Waals surface area contributed by atoms with E-state index in [-0.39, 0.29) is 86.4 Å². The standard InChI is InChI=1S/C55H81N3O12/c1-11-38-23-24-58-43(29-38)54(63)69-50(36(6)27-39-19-22-45(46(30-39)65-8)68-32-49(60)57(12-2)44-31-56-42-16-14-13-15-41(42)44)35(5)18-21-40(59)20-17-33(3)25-34(4)26-47(66-9)51-48(67-10)28-37(7)55(64,70-51)52(61)53(58)62/h13-17,27,31,34-35,37-39,43,45-48,50-51,56,64H,11-12,18-26,28-30,32H2,1-10H3. The van der Waals surface area contributed by atoms with E-state index in [1.807, 2.05) is 71.2 Å². The molecule has 4 heterocycles. The molecule has 1 aromatic carbocycles. The number of carbonyl (C=O) groups excluding carboxylic acids is 5. The van der Waals surface area contributed by atoms with E-state index in [1.165, 1.54) is 4.90 Å². The Hall–Kier alpha value is -4.25. The second kappa shape index (κ2) is 24.9. The molecule has 2 aromatic rings. The normalized spacial score (nSPS) is 33.8. The highest BCUT2D eigenvalue weighted by molar-refractivity contribution is 6.39. The van der Waals surface area contributed by atoms with Crippen molar-refractivity contribution in [1.82, 2.24) is 9.88 Å². The number of hydrogen-bond acceptors (Lipinski definition) is 12. The Labute approximate surface area is 415 Å². The minimum atomic E-state index is -2.49. The summed E-state index contributed by atoms with van der Waals surface area (Å²) in [4.78, 5) is 77.1. The van der Waals surface area contributed by atoms with Crippen molar-refractivity contribution in [2.24, 2.45) is 29.6 Å². The van der Waals surface area contributed by atoms with E-state index in [4.69, 9.17) is 28.4 Å². The molecule has 1 aliphatic carbocycles. The Kier molecular flexibility index (Phi) is 19.6. The van der Waals surface area contributed by atoms with Crippen LogP contribution >= 0.6 is 0 Å². The van der Waals surface area contributed by atoms with Gasteiger partial charge < -0.3 is 48.3 Å². The molecule has 4 aliphatic rings. The third-order valence-electron chi connectivity index (χ3n) is 15.8. The Morgan fingerprint density at radius 2 is 1.64 bits per heavy atom. The van der Waals surface area contributed by atoms with Crippen LogP contribution in [-0.4, -0.2) is 134 Å². The van der Waals surface area contributed by atoms with Gasteiger partial charge in [-0.1, -0.05) is 70.0 Å². The van der Waals surface area contributed by atoms with Crippen LogP contribution in [0.3, 0.4) is 0 Å². The number of anilines is 1. The van der Waals surface area contributed by atoms with Crippen LogP contribution in [0.4, 0.5) is 5.69 Å². The summed E-state index contributed by atoms with van der Waals surface area (Å²) in [6.45, 7) is 14.2. The maximum atomic E-state index is 14.7. The lowest BCUT2D eigenvalue weighted by atomic mass is 9.81. The van der Waals surface area contributed by atoms with E-state index in [2.05, 4.69) is 18.0 Å². The number of aliphatic hydroxyl groups is 1. The number of nitrogens with zero attached hydrogens (tertiary/aromatic N) is 2. The maximum absolute atomic E-state index is 14.7. The van der Waals surface area contributed by atoms with Gasteiger partial charge in [-0.3, -0.25) is 19.2 Å². The number of para-hydroxylation sites is 1. The van der Waals surface area contributed by atoms with E-state index in [0.29, 0.717) is 45.1 Å². The minimum absolute atomic E-state index is 0.0272. The molecule has 15 nitrogen and oxygen atoms in total. The number of aromatic amines is 1. The molecular formula is C55H81N3O12. The monoisotopic (exact) mass is 976 g/mol. The van der Waals surface area contributed by atoms with Crippen molar-refractivity contribution in [1.29, 1.82) is 0 Å². The number of Topliss-reactive ketones (excluding diaryl/α,β-unsaturated/α-hetero) is 2. The summed E-state index contributed by atoms with van der Waals surface area (Å²) >= 11 is 0. The van der Waals surface area contributed by atoms with Crippen molar-refractivity contribution in [2.75, 3.05) is 45.9 Å². The molecule has 0 radical (unpaired) electrons. The van der Waals surface area contributed by atoms with Crippen LogP contribution in [0.2, 0.25) is 0 Å². The Balaban J connectivity index is 1.24. The number of methoxy groups -OCH3 is 3. The fraction of sp³-hybridized carbons (Fsp3) is 0.691. The largest absolute Gasteiger partial charge is 0.456 e. The molecule has 2 amide bonds. The lowest BCUT2D eigenvalue weighted by Crippen LogP contribution is -2.64. The molecule has 3 aliphatic heterocycles. The van der Waals surface area contributed by atoms with E-state index in [9.17, 15) is 29.1 Å². The second-order valence-corrected chi connectivity index (χ2v) is 20.8. The van der Waals surface area contributed by atoms with Crippen LogP contribution in [0.15, 0.2) is 53.8 Å². The molecule has 15 heteroatoms. The number of H-pyrrole nitrogens is 1. The smallest absolute Gasteiger partial charge is 0.329 e. The van der Waals surface area contributed by atoms with Crippen LogP contribution < -0.4 is 4.90 Å². The summed E-state index contributed by atoms with van der Waals surface area (Å²) in [7, 11) is 4.75. The highest BCUT2D eigenvalue weighted by Gasteiger charge is 2.57. The van der Waals surface area contributed by atoms with Crippen molar-refractivity contribution >= 4 is 45.9 Å². The van der Waals surface area contributed by atoms with Crippen LogP contribution in [0.25, 0.3) is 10.9 Å². The number of cyclic esters (lactones) is 1. The number of likely N-dealkylation sites (N-methyl/N-ethyl adjacent to an activating group) is 1. The summed E-state index contributed by atoms with van der Waals surface area (Å²) < 4.78 is 36.9. The Morgan fingerprint density at radius 3 is 2.34 bits per heavy atom. The van der Waals surface area contributed by atoms with E-state index in [1.54, 1.807) is 33.2 Å². The number of ketones is 2. The van der Waals surface area contributed by atoms with Crippen molar-refractivity contribution in [3.63, 3.8) is 0 Å². The number of nitrogens with one attached hydrogen (secondary N) is 1. The first kappa shape index (κ1) is 55.1. The van der Waals surface area contributed by atoms with Crippen molar-refractivity contribution in [3.05, 3.63) is 53.8 Å².